The number of ether oxygens (including phenoxy) is 1. The van der Waals surface area contributed by atoms with Crippen molar-refractivity contribution in [2.75, 3.05) is 0 Å². The van der Waals surface area contributed by atoms with Crippen LogP contribution in [-0.2, 0) is 9.53 Å². The molecule has 2 N–H and O–H groups in total. The van der Waals surface area contributed by atoms with Crippen LogP contribution in [0.3, 0.4) is 0 Å². The Labute approximate surface area is 108 Å². The Morgan fingerprint density at radius 3 is 2.28 bits per heavy atom. The average molecular weight is 257 g/mol. The number of hydrogen-bond acceptors (Lipinski definition) is 4. The van der Waals surface area contributed by atoms with Crippen molar-refractivity contribution in [3.8, 4) is 0 Å². The molecule has 0 fully saturated rings. The lowest BCUT2D eigenvalue weighted by Crippen LogP contribution is -2.32. The minimum atomic E-state index is -0.633. The second-order valence-electron chi connectivity index (χ2n) is 5.36. The van der Waals surface area contributed by atoms with Crippen molar-refractivity contribution in [1.82, 2.24) is 10.7 Å². The standard InChI is InChI=1S/C12H23N3O3/c1-8(2)13-10(16)7-9(3)14-15-11(17)18-12(4,5)6/h8H,7H2,1-6H3,(H,13,16)(H,15,17)/b14-9-. The number of nitrogens with zero attached hydrogens (tertiary/aromatic N) is 1. The number of carbonyl (C=O) groups excluding carboxylic acids is 2. The molecule has 0 aliphatic rings. The summed E-state index contributed by atoms with van der Waals surface area (Å²) in [4.78, 5) is 22.7. The first kappa shape index (κ1) is 16.4. The first-order chi connectivity index (χ1) is 8.10. The van der Waals surface area contributed by atoms with Crippen LogP contribution < -0.4 is 10.7 Å². The Hall–Kier alpha value is -1.59. The summed E-state index contributed by atoms with van der Waals surface area (Å²) >= 11 is 0. The Morgan fingerprint density at radius 1 is 1.28 bits per heavy atom. The van der Waals surface area contributed by atoms with E-state index >= 15 is 0 Å². The van der Waals surface area contributed by atoms with Crippen LogP contribution in [0, 0.1) is 0 Å². The van der Waals surface area contributed by atoms with Crippen LogP contribution in [0.15, 0.2) is 5.10 Å². The third kappa shape index (κ3) is 9.62. The Kier molecular flexibility index (Phi) is 6.36. The average Bonchev–Trinajstić information content (AvgIpc) is 2.10. The normalized spacial score (nSPS) is 12.3. The van der Waals surface area contributed by atoms with Crippen LogP contribution in [0.1, 0.15) is 48.0 Å². The van der Waals surface area contributed by atoms with Gasteiger partial charge in [0.25, 0.3) is 0 Å². The van der Waals surface area contributed by atoms with Gasteiger partial charge in [0.1, 0.15) is 5.60 Å². The fraction of sp³-hybridized carbons (Fsp3) is 0.750. The van der Waals surface area contributed by atoms with Gasteiger partial charge in [-0.15, -0.1) is 0 Å². The van der Waals surface area contributed by atoms with E-state index in [9.17, 15) is 9.59 Å². The summed E-state index contributed by atoms with van der Waals surface area (Å²) < 4.78 is 5.00. The van der Waals surface area contributed by atoms with Crippen LogP contribution in [0.4, 0.5) is 4.79 Å². The van der Waals surface area contributed by atoms with Gasteiger partial charge in [-0.05, 0) is 41.5 Å². The summed E-state index contributed by atoms with van der Waals surface area (Å²) in [6, 6.07) is 0.0871. The molecular formula is C12H23N3O3. The Bertz CT molecular complexity index is 330. The Morgan fingerprint density at radius 2 is 1.83 bits per heavy atom. The zero-order valence-electron chi connectivity index (χ0n) is 12.0. The van der Waals surface area contributed by atoms with Crippen molar-refractivity contribution >= 4 is 17.7 Å². The lowest BCUT2D eigenvalue weighted by atomic mass is 10.2. The summed E-state index contributed by atoms with van der Waals surface area (Å²) in [6.07, 6.45) is -0.486. The van der Waals surface area contributed by atoms with Crippen molar-refractivity contribution in [2.45, 2.75) is 59.6 Å². The zero-order valence-corrected chi connectivity index (χ0v) is 12.0. The first-order valence-corrected chi connectivity index (χ1v) is 5.91. The van der Waals surface area contributed by atoms with E-state index in [0.29, 0.717) is 5.71 Å². The van der Waals surface area contributed by atoms with Crippen LogP contribution in [0.25, 0.3) is 0 Å². The fourth-order valence-corrected chi connectivity index (χ4v) is 1.09. The lowest BCUT2D eigenvalue weighted by molar-refractivity contribution is -0.120. The molecule has 6 heteroatoms. The molecule has 0 spiro atoms. The van der Waals surface area contributed by atoms with Gasteiger partial charge in [-0.2, -0.15) is 5.10 Å². The molecule has 0 rings (SSSR count). The van der Waals surface area contributed by atoms with E-state index in [4.69, 9.17) is 4.74 Å². The summed E-state index contributed by atoms with van der Waals surface area (Å²) in [5, 5.41) is 6.52. The Balaban J connectivity index is 4.12. The molecule has 2 amide bonds. The molecule has 0 saturated carbocycles. The van der Waals surface area contributed by atoms with Gasteiger partial charge in [0.05, 0.1) is 6.42 Å². The largest absolute Gasteiger partial charge is 0.443 e. The van der Waals surface area contributed by atoms with Gasteiger partial charge in [-0.1, -0.05) is 0 Å². The SMILES string of the molecule is C/C(CC(=O)NC(C)C)=N/NC(=O)OC(C)(C)C. The zero-order chi connectivity index (χ0) is 14.3. The summed E-state index contributed by atoms with van der Waals surface area (Å²) in [5.74, 6) is -0.128. The number of hydrogen-bond donors (Lipinski definition) is 2. The smallest absolute Gasteiger partial charge is 0.428 e. The van der Waals surface area contributed by atoms with E-state index in [-0.39, 0.29) is 18.4 Å². The number of hydrazone groups is 1. The second kappa shape index (κ2) is 6.98. The predicted molar refractivity (Wildman–Crippen MR) is 70.4 cm³/mol. The van der Waals surface area contributed by atoms with E-state index in [2.05, 4.69) is 15.8 Å². The molecule has 0 bridgehead atoms. The maximum absolute atomic E-state index is 11.4. The molecule has 6 nitrogen and oxygen atoms in total. The lowest BCUT2D eigenvalue weighted by Gasteiger charge is -2.18. The quantitative estimate of drug-likeness (QED) is 0.595. The molecule has 0 aromatic carbocycles. The van der Waals surface area contributed by atoms with Crippen molar-refractivity contribution in [2.24, 2.45) is 5.10 Å². The fourth-order valence-electron chi connectivity index (χ4n) is 1.09. The molecule has 0 unspecified atom stereocenters. The molecule has 0 saturated heterocycles. The van der Waals surface area contributed by atoms with Crippen LogP contribution >= 0.6 is 0 Å². The van der Waals surface area contributed by atoms with E-state index in [0.717, 1.165) is 0 Å². The number of rotatable bonds is 4. The molecule has 0 aliphatic heterocycles. The van der Waals surface area contributed by atoms with Gasteiger partial charge in [-0.25, -0.2) is 10.2 Å². The van der Waals surface area contributed by atoms with E-state index in [1.165, 1.54) is 0 Å². The second-order valence-corrected chi connectivity index (χ2v) is 5.36. The molecule has 0 radical (unpaired) electrons. The first-order valence-electron chi connectivity index (χ1n) is 5.91. The maximum atomic E-state index is 11.4. The van der Waals surface area contributed by atoms with E-state index in [1.54, 1.807) is 27.7 Å². The van der Waals surface area contributed by atoms with Crippen LogP contribution in [0.5, 0.6) is 0 Å². The highest BCUT2D eigenvalue weighted by Gasteiger charge is 2.15. The molecular weight excluding hydrogens is 234 g/mol. The van der Waals surface area contributed by atoms with Gasteiger partial charge in [0, 0.05) is 11.8 Å². The van der Waals surface area contributed by atoms with Crippen LogP contribution in [-0.4, -0.2) is 29.4 Å². The molecule has 0 heterocycles. The summed E-state index contributed by atoms with van der Waals surface area (Å²) in [7, 11) is 0. The van der Waals surface area contributed by atoms with Gasteiger partial charge in [0.15, 0.2) is 0 Å². The van der Waals surface area contributed by atoms with Crippen molar-refractivity contribution in [3.05, 3.63) is 0 Å². The molecule has 0 aromatic heterocycles. The summed E-state index contributed by atoms with van der Waals surface area (Å²) in [5.41, 5.74) is 2.19. The number of carbonyl (C=O) groups is 2. The van der Waals surface area contributed by atoms with Gasteiger partial charge in [-0.3, -0.25) is 4.79 Å². The summed E-state index contributed by atoms with van der Waals surface area (Å²) in [6.45, 7) is 10.7. The third-order valence-corrected chi connectivity index (χ3v) is 1.60. The van der Waals surface area contributed by atoms with E-state index in [1.807, 2.05) is 13.8 Å². The maximum Gasteiger partial charge on any atom is 0.428 e. The minimum absolute atomic E-state index is 0.0871. The highest BCUT2D eigenvalue weighted by Crippen LogP contribution is 2.06. The monoisotopic (exact) mass is 257 g/mol. The molecule has 0 aromatic rings. The van der Waals surface area contributed by atoms with Crippen LogP contribution in [0.2, 0.25) is 0 Å². The predicted octanol–water partition coefficient (Wildman–Crippen LogP) is 1.80. The van der Waals surface area contributed by atoms with Gasteiger partial charge < -0.3 is 10.1 Å². The number of nitrogens with one attached hydrogen (secondary N) is 2. The van der Waals surface area contributed by atoms with Crippen molar-refractivity contribution in [1.29, 1.82) is 0 Å². The molecule has 0 atom stereocenters. The molecule has 18 heavy (non-hydrogen) atoms. The van der Waals surface area contributed by atoms with E-state index < -0.39 is 11.7 Å². The van der Waals surface area contributed by atoms with Crippen molar-refractivity contribution in [3.63, 3.8) is 0 Å². The van der Waals surface area contributed by atoms with Crippen molar-refractivity contribution < 1.29 is 14.3 Å². The highest BCUT2D eigenvalue weighted by atomic mass is 16.6. The van der Waals surface area contributed by atoms with Gasteiger partial charge in [0.2, 0.25) is 5.91 Å². The minimum Gasteiger partial charge on any atom is -0.443 e. The van der Waals surface area contributed by atoms with Gasteiger partial charge >= 0.3 is 6.09 Å². The molecule has 104 valence electrons. The topological polar surface area (TPSA) is 79.8 Å². The molecule has 0 aliphatic carbocycles. The highest BCUT2D eigenvalue weighted by molar-refractivity contribution is 6.00. The number of amides is 2. The third-order valence-electron chi connectivity index (χ3n) is 1.60.